The number of rotatable bonds is 3. The lowest BCUT2D eigenvalue weighted by atomic mass is 10.0. The molecule has 1 aliphatic rings. The number of hydrogen-bond acceptors (Lipinski definition) is 4. The van der Waals surface area contributed by atoms with Crippen LogP contribution in [0.15, 0.2) is 10.6 Å². The van der Waals surface area contributed by atoms with Crippen LogP contribution in [-0.2, 0) is 6.54 Å². The summed E-state index contributed by atoms with van der Waals surface area (Å²) in [6.45, 7) is 2.99. The first kappa shape index (κ1) is 9.52. The molecule has 0 saturated heterocycles. The predicted molar refractivity (Wildman–Crippen MR) is 54.6 cm³/mol. The second-order valence-corrected chi connectivity index (χ2v) is 4.29. The maximum Gasteiger partial charge on any atom is 0.292 e. The molecule has 0 amide bonds. The van der Waals surface area contributed by atoms with Crippen molar-refractivity contribution in [2.75, 3.05) is 5.73 Å². The molecular formula is C10H17N3O. The van der Waals surface area contributed by atoms with Gasteiger partial charge < -0.3 is 15.5 Å². The van der Waals surface area contributed by atoms with Crippen LogP contribution in [0.4, 0.5) is 6.01 Å². The minimum Gasteiger partial charge on any atom is -0.428 e. The molecular weight excluding hydrogens is 178 g/mol. The Morgan fingerprint density at radius 1 is 1.57 bits per heavy atom. The summed E-state index contributed by atoms with van der Waals surface area (Å²) in [5, 5.41) is 3.50. The van der Waals surface area contributed by atoms with Crippen molar-refractivity contribution in [2.24, 2.45) is 0 Å². The van der Waals surface area contributed by atoms with Gasteiger partial charge in [-0.1, -0.05) is 12.8 Å². The fourth-order valence-electron chi connectivity index (χ4n) is 2.04. The van der Waals surface area contributed by atoms with Gasteiger partial charge in [0.2, 0.25) is 0 Å². The van der Waals surface area contributed by atoms with Crippen LogP contribution in [0.3, 0.4) is 0 Å². The highest BCUT2D eigenvalue weighted by atomic mass is 16.4. The number of hydrogen-bond donors (Lipinski definition) is 2. The molecule has 2 rings (SSSR count). The molecule has 1 heterocycles. The van der Waals surface area contributed by atoms with E-state index >= 15 is 0 Å². The Hall–Kier alpha value is -1.03. The molecule has 0 aromatic carbocycles. The summed E-state index contributed by atoms with van der Waals surface area (Å²) in [6, 6.07) is 0.248. The summed E-state index contributed by atoms with van der Waals surface area (Å²) >= 11 is 0. The first-order valence-electron chi connectivity index (χ1n) is 5.13. The lowest BCUT2D eigenvalue weighted by Crippen LogP contribution is -2.38. The van der Waals surface area contributed by atoms with Crippen molar-refractivity contribution in [3.05, 3.63) is 12.0 Å². The predicted octanol–water partition coefficient (Wildman–Crippen LogP) is 1.68. The first-order valence-corrected chi connectivity index (χ1v) is 5.13. The van der Waals surface area contributed by atoms with Gasteiger partial charge in [0.25, 0.3) is 6.01 Å². The van der Waals surface area contributed by atoms with Crippen LogP contribution >= 0.6 is 0 Å². The summed E-state index contributed by atoms with van der Waals surface area (Å²) in [7, 11) is 0. The van der Waals surface area contributed by atoms with Gasteiger partial charge >= 0.3 is 0 Å². The third kappa shape index (κ3) is 2.07. The van der Waals surface area contributed by atoms with Crippen LogP contribution in [0.1, 0.15) is 38.4 Å². The summed E-state index contributed by atoms with van der Waals surface area (Å²) in [6.07, 6.45) is 6.82. The molecule has 14 heavy (non-hydrogen) atoms. The van der Waals surface area contributed by atoms with E-state index in [2.05, 4.69) is 17.2 Å². The van der Waals surface area contributed by atoms with Gasteiger partial charge in [0, 0.05) is 5.54 Å². The second kappa shape index (κ2) is 3.61. The number of anilines is 1. The molecule has 0 radical (unpaired) electrons. The highest BCUT2D eigenvalue weighted by Gasteiger charge is 2.27. The molecule has 78 valence electrons. The van der Waals surface area contributed by atoms with Gasteiger partial charge in [0.1, 0.15) is 5.76 Å². The smallest absolute Gasteiger partial charge is 0.292 e. The summed E-state index contributed by atoms with van der Waals surface area (Å²) < 4.78 is 5.19. The Balaban J connectivity index is 1.87. The van der Waals surface area contributed by atoms with Crippen molar-refractivity contribution in [3.63, 3.8) is 0 Å². The fraction of sp³-hybridized carbons (Fsp3) is 0.700. The van der Waals surface area contributed by atoms with E-state index in [4.69, 9.17) is 10.2 Å². The third-order valence-corrected chi connectivity index (χ3v) is 2.97. The molecule has 3 N–H and O–H groups in total. The van der Waals surface area contributed by atoms with Gasteiger partial charge in [-0.2, -0.15) is 0 Å². The Morgan fingerprint density at radius 3 is 2.86 bits per heavy atom. The Bertz CT molecular complexity index is 302. The van der Waals surface area contributed by atoms with Gasteiger partial charge in [-0.25, -0.2) is 4.98 Å². The van der Waals surface area contributed by atoms with E-state index in [1.54, 1.807) is 6.20 Å². The van der Waals surface area contributed by atoms with E-state index in [9.17, 15) is 0 Å². The molecule has 4 heteroatoms. The maximum atomic E-state index is 5.39. The van der Waals surface area contributed by atoms with Gasteiger partial charge in [-0.3, -0.25) is 0 Å². The Kier molecular flexibility index (Phi) is 2.46. The van der Waals surface area contributed by atoms with Gasteiger partial charge in [0.15, 0.2) is 0 Å². The maximum absolute atomic E-state index is 5.39. The quantitative estimate of drug-likeness (QED) is 0.770. The Labute approximate surface area is 83.9 Å². The molecule has 0 aliphatic heterocycles. The standard InChI is InChI=1S/C10H17N3O/c1-10(4-2-3-5-10)13-7-8-6-12-9(11)14-8/h6,13H,2-5,7H2,1H3,(H2,11,12). The van der Waals surface area contributed by atoms with E-state index < -0.39 is 0 Å². The lowest BCUT2D eigenvalue weighted by molar-refractivity contribution is 0.343. The topological polar surface area (TPSA) is 64.1 Å². The largest absolute Gasteiger partial charge is 0.428 e. The van der Waals surface area contributed by atoms with Crippen LogP contribution in [0.5, 0.6) is 0 Å². The zero-order valence-corrected chi connectivity index (χ0v) is 8.55. The first-order chi connectivity index (χ1) is 6.68. The molecule has 1 fully saturated rings. The number of nitrogens with zero attached hydrogens (tertiary/aromatic N) is 1. The third-order valence-electron chi connectivity index (χ3n) is 2.97. The average molecular weight is 195 g/mol. The van der Waals surface area contributed by atoms with Crippen LogP contribution in [0.2, 0.25) is 0 Å². The van der Waals surface area contributed by atoms with E-state index in [1.165, 1.54) is 25.7 Å². The van der Waals surface area contributed by atoms with Crippen molar-refractivity contribution < 1.29 is 4.42 Å². The summed E-state index contributed by atoms with van der Waals surface area (Å²) in [5.41, 5.74) is 5.67. The number of aromatic nitrogens is 1. The van der Waals surface area contributed by atoms with Crippen molar-refractivity contribution in [1.29, 1.82) is 0 Å². The lowest BCUT2D eigenvalue weighted by Gasteiger charge is -2.24. The van der Waals surface area contributed by atoms with Crippen molar-refractivity contribution in [2.45, 2.75) is 44.7 Å². The zero-order chi connectivity index (χ0) is 10.0. The van der Waals surface area contributed by atoms with E-state index in [0.717, 1.165) is 12.3 Å². The minimum atomic E-state index is 0.248. The van der Waals surface area contributed by atoms with Crippen molar-refractivity contribution in [3.8, 4) is 0 Å². The van der Waals surface area contributed by atoms with Gasteiger partial charge in [-0.15, -0.1) is 0 Å². The van der Waals surface area contributed by atoms with Crippen LogP contribution in [0, 0.1) is 0 Å². The molecule has 1 aromatic rings. The SMILES string of the molecule is CC1(NCc2cnc(N)o2)CCCC1. The molecule has 0 unspecified atom stereocenters. The number of nitrogens with one attached hydrogen (secondary N) is 1. The van der Waals surface area contributed by atoms with Crippen LogP contribution < -0.4 is 11.1 Å². The Morgan fingerprint density at radius 2 is 2.29 bits per heavy atom. The van der Waals surface area contributed by atoms with Crippen LogP contribution in [0.25, 0.3) is 0 Å². The molecule has 0 atom stereocenters. The molecule has 0 spiro atoms. The minimum absolute atomic E-state index is 0.248. The highest BCUT2D eigenvalue weighted by molar-refractivity contribution is 5.11. The fourth-order valence-corrected chi connectivity index (χ4v) is 2.04. The van der Waals surface area contributed by atoms with E-state index in [1.807, 2.05) is 0 Å². The number of nitrogen functional groups attached to an aromatic ring is 1. The second-order valence-electron chi connectivity index (χ2n) is 4.29. The zero-order valence-electron chi connectivity index (χ0n) is 8.55. The highest BCUT2D eigenvalue weighted by Crippen LogP contribution is 2.29. The number of oxazole rings is 1. The summed E-state index contributed by atoms with van der Waals surface area (Å²) in [4.78, 5) is 3.86. The summed E-state index contributed by atoms with van der Waals surface area (Å²) in [5.74, 6) is 0.815. The van der Waals surface area contributed by atoms with Crippen LogP contribution in [-0.4, -0.2) is 10.5 Å². The number of nitrogens with two attached hydrogens (primary N) is 1. The van der Waals surface area contributed by atoms with Crippen molar-refractivity contribution in [1.82, 2.24) is 10.3 Å². The van der Waals surface area contributed by atoms with Gasteiger partial charge in [0.05, 0.1) is 12.7 Å². The molecule has 1 aromatic heterocycles. The molecule has 4 nitrogen and oxygen atoms in total. The molecule has 1 aliphatic carbocycles. The molecule has 1 saturated carbocycles. The van der Waals surface area contributed by atoms with Gasteiger partial charge in [-0.05, 0) is 19.8 Å². The average Bonchev–Trinajstić information content (AvgIpc) is 2.73. The van der Waals surface area contributed by atoms with E-state index in [-0.39, 0.29) is 11.6 Å². The normalized spacial score (nSPS) is 20.1. The monoisotopic (exact) mass is 195 g/mol. The van der Waals surface area contributed by atoms with E-state index in [0.29, 0.717) is 0 Å². The molecule has 0 bridgehead atoms. The van der Waals surface area contributed by atoms with Crippen molar-refractivity contribution >= 4 is 6.01 Å².